The summed E-state index contributed by atoms with van der Waals surface area (Å²) >= 11 is 0. The second kappa shape index (κ2) is 8.14. The van der Waals surface area contributed by atoms with Crippen molar-refractivity contribution in [2.75, 3.05) is 13.7 Å². The molecular weight excluding hydrogens is 290 g/mol. The van der Waals surface area contributed by atoms with Crippen LogP contribution in [0.25, 0.3) is 0 Å². The number of carbonyl (C=O) groups is 3. The van der Waals surface area contributed by atoms with Gasteiger partial charge in [-0.3, -0.25) is 9.59 Å². The molecular formula is C15H19NO6. The minimum Gasteiger partial charge on any atom is -0.496 e. The van der Waals surface area contributed by atoms with Gasteiger partial charge in [-0.1, -0.05) is 11.6 Å². The summed E-state index contributed by atoms with van der Waals surface area (Å²) in [5, 5.41) is 19.7. The first-order valence-corrected chi connectivity index (χ1v) is 6.70. The van der Waals surface area contributed by atoms with Gasteiger partial charge in [0.25, 0.3) is 0 Å². The van der Waals surface area contributed by atoms with Crippen molar-refractivity contribution in [3.8, 4) is 5.75 Å². The van der Waals surface area contributed by atoms with Crippen molar-refractivity contribution >= 4 is 17.7 Å². The third kappa shape index (κ3) is 4.85. The van der Waals surface area contributed by atoms with Crippen LogP contribution in [0.1, 0.15) is 28.8 Å². The van der Waals surface area contributed by atoms with Gasteiger partial charge in [0.2, 0.25) is 5.91 Å². The lowest BCUT2D eigenvalue weighted by atomic mass is 10.0. The van der Waals surface area contributed by atoms with E-state index in [2.05, 4.69) is 5.32 Å². The van der Waals surface area contributed by atoms with Gasteiger partial charge in [0, 0.05) is 12.8 Å². The quantitative estimate of drug-likeness (QED) is 0.604. The van der Waals surface area contributed by atoms with E-state index < -0.39 is 24.5 Å². The highest BCUT2D eigenvalue weighted by Gasteiger charge is 2.20. The number of ketones is 1. The van der Waals surface area contributed by atoms with Crippen molar-refractivity contribution in [2.24, 2.45) is 0 Å². The Morgan fingerprint density at radius 1 is 1.27 bits per heavy atom. The number of hydrogen-bond donors (Lipinski definition) is 3. The number of carboxylic acids is 1. The fourth-order valence-corrected chi connectivity index (χ4v) is 1.85. The molecule has 1 aromatic rings. The molecule has 1 aromatic carbocycles. The van der Waals surface area contributed by atoms with Gasteiger partial charge in [0.15, 0.2) is 5.78 Å². The number of nitrogens with one attached hydrogen (secondary N) is 1. The van der Waals surface area contributed by atoms with Crippen molar-refractivity contribution in [3.63, 3.8) is 0 Å². The van der Waals surface area contributed by atoms with E-state index in [1.807, 2.05) is 6.92 Å². The molecule has 0 aliphatic heterocycles. The van der Waals surface area contributed by atoms with Crippen LogP contribution in [0.15, 0.2) is 18.2 Å². The number of ether oxygens (including phenoxy) is 1. The first kappa shape index (κ1) is 17.6. The number of amides is 1. The molecule has 0 aliphatic carbocycles. The van der Waals surface area contributed by atoms with Crippen molar-refractivity contribution in [1.82, 2.24) is 5.32 Å². The zero-order chi connectivity index (χ0) is 16.7. The lowest BCUT2D eigenvalue weighted by molar-refractivity contribution is -0.142. The summed E-state index contributed by atoms with van der Waals surface area (Å²) in [6.45, 7) is 1.13. The number of methoxy groups -OCH3 is 1. The Bertz CT molecular complexity index is 569. The van der Waals surface area contributed by atoms with Gasteiger partial charge in [-0.2, -0.15) is 0 Å². The summed E-state index contributed by atoms with van der Waals surface area (Å²) in [4.78, 5) is 34.4. The predicted octanol–water partition coefficient (Wildman–Crippen LogP) is 0.528. The van der Waals surface area contributed by atoms with Gasteiger partial charge >= 0.3 is 5.97 Å². The van der Waals surface area contributed by atoms with Crippen molar-refractivity contribution in [2.45, 2.75) is 25.8 Å². The fourth-order valence-electron chi connectivity index (χ4n) is 1.85. The van der Waals surface area contributed by atoms with E-state index in [4.69, 9.17) is 14.9 Å². The van der Waals surface area contributed by atoms with Crippen LogP contribution in [0.2, 0.25) is 0 Å². The normalized spacial score (nSPS) is 11.6. The Morgan fingerprint density at radius 2 is 1.95 bits per heavy atom. The first-order chi connectivity index (χ1) is 10.4. The van der Waals surface area contributed by atoms with Gasteiger partial charge in [0.05, 0.1) is 19.3 Å². The number of aliphatic hydroxyl groups is 1. The summed E-state index contributed by atoms with van der Waals surface area (Å²) in [6.07, 6.45) is -0.247. The molecule has 0 spiro atoms. The second-order valence-electron chi connectivity index (χ2n) is 4.77. The zero-order valence-corrected chi connectivity index (χ0v) is 12.5. The van der Waals surface area contributed by atoms with E-state index >= 15 is 0 Å². The monoisotopic (exact) mass is 309 g/mol. The number of carboxylic acid groups (broad SMARTS) is 1. The van der Waals surface area contributed by atoms with E-state index in [-0.39, 0.29) is 18.6 Å². The molecule has 7 heteroatoms. The first-order valence-electron chi connectivity index (χ1n) is 6.70. The van der Waals surface area contributed by atoms with E-state index in [0.717, 1.165) is 5.56 Å². The summed E-state index contributed by atoms with van der Waals surface area (Å²) in [7, 11) is 1.45. The molecule has 0 aliphatic rings. The molecule has 0 saturated heterocycles. The molecule has 7 nitrogen and oxygen atoms in total. The molecule has 1 atom stereocenters. The number of Topliss-reactive ketones (excluding diaryl/α,β-unsaturated/α-hetero) is 1. The molecule has 0 saturated carbocycles. The standard InChI is InChI=1S/C15H19NO6/c1-9-3-5-13(22-2)10(7-9)12(18)4-6-14(19)16-11(8-17)15(20)21/h3,5,7,11,17H,4,6,8H2,1-2H3,(H,16,19)(H,20,21). The highest BCUT2D eigenvalue weighted by molar-refractivity contribution is 6.00. The van der Waals surface area contributed by atoms with Crippen molar-refractivity contribution < 1.29 is 29.3 Å². The molecule has 0 aromatic heterocycles. The van der Waals surface area contributed by atoms with Crippen LogP contribution in [-0.2, 0) is 9.59 Å². The maximum absolute atomic E-state index is 12.1. The average Bonchev–Trinajstić information content (AvgIpc) is 2.49. The Balaban J connectivity index is 2.65. The van der Waals surface area contributed by atoms with Gasteiger partial charge in [-0.05, 0) is 19.1 Å². The molecule has 1 unspecified atom stereocenters. The lowest BCUT2D eigenvalue weighted by Gasteiger charge is -2.12. The number of aliphatic hydroxyl groups excluding tert-OH is 1. The van der Waals surface area contributed by atoms with Crippen LogP contribution in [0.5, 0.6) is 5.75 Å². The van der Waals surface area contributed by atoms with Gasteiger partial charge < -0.3 is 20.3 Å². The summed E-state index contributed by atoms with van der Waals surface area (Å²) in [5.74, 6) is -1.79. The lowest BCUT2D eigenvalue weighted by Crippen LogP contribution is -2.43. The molecule has 1 rings (SSSR count). The summed E-state index contributed by atoms with van der Waals surface area (Å²) in [6, 6.07) is 3.79. The van der Waals surface area contributed by atoms with Crippen LogP contribution in [-0.4, -0.2) is 47.6 Å². The Labute approximate surface area is 127 Å². The third-order valence-electron chi connectivity index (χ3n) is 3.05. The summed E-state index contributed by atoms with van der Waals surface area (Å²) in [5.41, 5.74) is 1.27. The minimum absolute atomic E-state index is 0.0799. The topological polar surface area (TPSA) is 113 Å². The Morgan fingerprint density at radius 3 is 2.50 bits per heavy atom. The smallest absolute Gasteiger partial charge is 0.328 e. The highest BCUT2D eigenvalue weighted by atomic mass is 16.5. The predicted molar refractivity (Wildman–Crippen MR) is 77.9 cm³/mol. The molecule has 0 bridgehead atoms. The van der Waals surface area contributed by atoms with E-state index in [0.29, 0.717) is 11.3 Å². The van der Waals surface area contributed by atoms with Gasteiger partial charge in [-0.25, -0.2) is 4.79 Å². The van der Waals surface area contributed by atoms with Crippen molar-refractivity contribution in [3.05, 3.63) is 29.3 Å². The molecule has 22 heavy (non-hydrogen) atoms. The van der Waals surface area contributed by atoms with Gasteiger partial charge in [-0.15, -0.1) is 0 Å². The SMILES string of the molecule is COc1ccc(C)cc1C(=O)CCC(=O)NC(CO)C(=O)O. The van der Waals surface area contributed by atoms with Crippen LogP contribution in [0, 0.1) is 6.92 Å². The molecule has 0 radical (unpaired) electrons. The number of hydrogen-bond acceptors (Lipinski definition) is 5. The number of benzene rings is 1. The Kier molecular flexibility index (Phi) is 6.52. The maximum atomic E-state index is 12.1. The molecule has 1 amide bonds. The number of rotatable bonds is 8. The minimum atomic E-state index is -1.36. The third-order valence-corrected chi connectivity index (χ3v) is 3.05. The second-order valence-corrected chi connectivity index (χ2v) is 4.77. The maximum Gasteiger partial charge on any atom is 0.328 e. The number of aliphatic carboxylic acids is 1. The number of aryl methyl sites for hydroxylation is 1. The van der Waals surface area contributed by atoms with E-state index in [9.17, 15) is 14.4 Å². The van der Waals surface area contributed by atoms with Gasteiger partial charge in [0.1, 0.15) is 11.8 Å². The molecule has 3 N–H and O–H groups in total. The van der Waals surface area contributed by atoms with Crippen LogP contribution in [0.3, 0.4) is 0 Å². The Hall–Kier alpha value is -2.41. The molecule has 0 heterocycles. The molecule has 0 fully saturated rings. The number of carbonyl (C=O) groups excluding carboxylic acids is 2. The van der Waals surface area contributed by atoms with E-state index in [1.54, 1.807) is 18.2 Å². The average molecular weight is 309 g/mol. The fraction of sp³-hybridized carbons (Fsp3) is 0.400. The highest BCUT2D eigenvalue weighted by Crippen LogP contribution is 2.21. The van der Waals surface area contributed by atoms with E-state index in [1.165, 1.54) is 7.11 Å². The van der Waals surface area contributed by atoms with Crippen LogP contribution in [0.4, 0.5) is 0 Å². The zero-order valence-electron chi connectivity index (χ0n) is 12.5. The van der Waals surface area contributed by atoms with Crippen LogP contribution < -0.4 is 10.1 Å². The van der Waals surface area contributed by atoms with Crippen molar-refractivity contribution in [1.29, 1.82) is 0 Å². The molecule has 120 valence electrons. The summed E-state index contributed by atoms with van der Waals surface area (Å²) < 4.78 is 5.11. The largest absolute Gasteiger partial charge is 0.496 e. The van der Waals surface area contributed by atoms with Crippen LogP contribution >= 0.6 is 0 Å².